The Bertz CT molecular complexity index is 785. The standard InChI is InChI=1S/C15H11BrN2O5/c16-10-3-1-4-11(7-10)21-9-14(19)22-8-13-17-18-15(23-13)12-5-2-6-20-12/h1-7H,8-9H2. The highest BCUT2D eigenvalue weighted by atomic mass is 79.9. The molecule has 0 N–H and O–H groups in total. The van der Waals surface area contributed by atoms with E-state index in [9.17, 15) is 4.79 Å². The first-order valence-corrected chi connectivity index (χ1v) is 7.40. The summed E-state index contributed by atoms with van der Waals surface area (Å²) in [4.78, 5) is 11.6. The Morgan fingerprint density at radius 1 is 1.22 bits per heavy atom. The SMILES string of the molecule is O=C(COc1cccc(Br)c1)OCc1nnc(-c2ccco2)o1. The number of nitrogens with zero attached hydrogens (tertiary/aromatic N) is 2. The molecule has 0 fully saturated rings. The van der Waals surface area contributed by atoms with Gasteiger partial charge in [-0.3, -0.25) is 0 Å². The molecular formula is C15H11BrN2O5. The Kier molecular flexibility index (Phi) is 4.72. The number of carbonyl (C=O) groups excluding carboxylic acids is 1. The largest absolute Gasteiger partial charge is 0.482 e. The van der Waals surface area contributed by atoms with Crippen LogP contribution in [-0.2, 0) is 16.1 Å². The maximum atomic E-state index is 11.6. The van der Waals surface area contributed by atoms with Crippen LogP contribution >= 0.6 is 15.9 Å². The van der Waals surface area contributed by atoms with Crippen LogP contribution in [0.2, 0.25) is 0 Å². The molecule has 8 heteroatoms. The molecule has 0 aliphatic carbocycles. The molecule has 0 spiro atoms. The van der Waals surface area contributed by atoms with Crippen molar-refractivity contribution >= 4 is 21.9 Å². The zero-order valence-corrected chi connectivity index (χ0v) is 13.4. The third-order valence-corrected chi connectivity index (χ3v) is 3.20. The molecule has 0 aliphatic heterocycles. The van der Waals surface area contributed by atoms with Gasteiger partial charge >= 0.3 is 5.97 Å². The molecule has 7 nitrogen and oxygen atoms in total. The van der Waals surface area contributed by atoms with Gasteiger partial charge in [-0.25, -0.2) is 4.79 Å². The monoisotopic (exact) mass is 378 g/mol. The fourth-order valence-corrected chi connectivity index (χ4v) is 2.07. The first kappa shape index (κ1) is 15.3. The number of carbonyl (C=O) groups is 1. The minimum absolute atomic E-state index is 0.131. The van der Waals surface area contributed by atoms with Crippen LogP contribution in [0.4, 0.5) is 0 Å². The molecule has 3 rings (SSSR count). The topological polar surface area (TPSA) is 87.6 Å². The maximum Gasteiger partial charge on any atom is 0.344 e. The number of benzene rings is 1. The third kappa shape index (κ3) is 4.19. The normalized spacial score (nSPS) is 10.5. The van der Waals surface area contributed by atoms with E-state index in [1.807, 2.05) is 6.07 Å². The minimum atomic E-state index is -0.539. The number of esters is 1. The number of furan rings is 1. The zero-order chi connectivity index (χ0) is 16.1. The summed E-state index contributed by atoms with van der Waals surface area (Å²) in [5.41, 5.74) is 0. The fraction of sp³-hybridized carbons (Fsp3) is 0.133. The summed E-state index contributed by atoms with van der Waals surface area (Å²) in [6.45, 7) is -0.343. The summed E-state index contributed by atoms with van der Waals surface area (Å²) in [5, 5.41) is 7.57. The molecule has 0 saturated heterocycles. The average Bonchev–Trinajstić information content (AvgIpc) is 3.22. The highest BCUT2D eigenvalue weighted by Gasteiger charge is 2.13. The lowest BCUT2D eigenvalue weighted by Crippen LogP contribution is -2.14. The van der Waals surface area contributed by atoms with Gasteiger partial charge in [0.15, 0.2) is 19.0 Å². The van der Waals surface area contributed by atoms with Crippen molar-refractivity contribution in [3.8, 4) is 17.4 Å². The van der Waals surface area contributed by atoms with Crippen LogP contribution in [0.15, 0.2) is 56.0 Å². The molecule has 2 aromatic heterocycles. The lowest BCUT2D eigenvalue weighted by molar-refractivity contribution is -0.148. The van der Waals surface area contributed by atoms with Crippen molar-refractivity contribution in [3.63, 3.8) is 0 Å². The quantitative estimate of drug-likeness (QED) is 0.608. The van der Waals surface area contributed by atoms with E-state index in [0.29, 0.717) is 11.5 Å². The van der Waals surface area contributed by atoms with Gasteiger partial charge in [0, 0.05) is 4.47 Å². The fourth-order valence-electron chi connectivity index (χ4n) is 1.69. The highest BCUT2D eigenvalue weighted by Crippen LogP contribution is 2.19. The summed E-state index contributed by atoms with van der Waals surface area (Å²) in [7, 11) is 0. The van der Waals surface area contributed by atoms with Crippen LogP contribution in [0.25, 0.3) is 11.7 Å². The molecule has 1 aromatic carbocycles. The van der Waals surface area contributed by atoms with E-state index in [-0.39, 0.29) is 25.0 Å². The second kappa shape index (κ2) is 7.10. The maximum absolute atomic E-state index is 11.6. The molecule has 0 saturated carbocycles. The second-order valence-electron chi connectivity index (χ2n) is 4.38. The number of rotatable bonds is 6. The van der Waals surface area contributed by atoms with Crippen LogP contribution < -0.4 is 4.74 Å². The van der Waals surface area contributed by atoms with E-state index in [4.69, 9.17) is 18.3 Å². The Labute approximate surface area is 139 Å². The smallest absolute Gasteiger partial charge is 0.344 e. The molecular weight excluding hydrogens is 368 g/mol. The zero-order valence-electron chi connectivity index (χ0n) is 11.8. The van der Waals surface area contributed by atoms with Gasteiger partial charge in [-0.2, -0.15) is 0 Å². The molecule has 0 radical (unpaired) electrons. The van der Waals surface area contributed by atoms with E-state index in [0.717, 1.165) is 4.47 Å². The molecule has 2 heterocycles. The summed E-state index contributed by atoms with van der Waals surface area (Å²) in [6.07, 6.45) is 1.50. The van der Waals surface area contributed by atoms with Gasteiger partial charge in [0.1, 0.15) is 5.75 Å². The molecule has 23 heavy (non-hydrogen) atoms. The molecule has 0 aliphatic rings. The first-order valence-electron chi connectivity index (χ1n) is 6.61. The van der Waals surface area contributed by atoms with Crippen molar-refractivity contribution in [1.29, 1.82) is 0 Å². The van der Waals surface area contributed by atoms with E-state index in [1.54, 1.807) is 30.3 Å². The Morgan fingerprint density at radius 2 is 2.13 bits per heavy atom. The van der Waals surface area contributed by atoms with Crippen molar-refractivity contribution in [2.45, 2.75) is 6.61 Å². The summed E-state index contributed by atoms with van der Waals surface area (Å²) >= 11 is 3.32. The van der Waals surface area contributed by atoms with Crippen LogP contribution in [0.3, 0.4) is 0 Å². The van der Waals surface area contributed by atoms with Crippen molar-refractivity contribution in [1.82, 2.24) is 10.2 Å². The lowest BCUT2D eigenvalue weighted by Gasteiger charge is -2.05. The van der Waals surface area contributed by atoms with Crippen LogP contribution in [0.1, 0.15) is 5.89 Å². The number of hydrogen-bond donors (Lipinski definition) is 0. The van der Waals surface area contributed by atoms with Gasteiger partial charge in [0.25, 0.3) is 11.8 Å². The lowest BCUT2D eigenvalue weighted by atomic mass is 10.3. The van der Waals surface area contributed by atoms with E-state index in [1.165, 1.54) is 6.26 Å². The Hall–Kier alpha value is -2.61. The van der Waals surface area contributed by atoms with Gasteiger partial charge < -0.3 is 18.3 Å². The second-order valence-corrected chi connectivity index (χ2v) is 5.30. The Morgan fingerprint density at radius 3 is 2.91 bits per heavy atom. The number of aromatic nitrogens is 2. The first-order chi connectivity index (χ1) is 11.2. The third-order valence-electron chi connectivity index (χ3n) is 2.71. The predicted molar refractivity (Wildman–Crippen MR) is 81.4 cm³/mol. The number of hydrogen-bond acceptors (Lipinski definition) is 7. The molecule has 118 valence electrons. The van der Waals surface area contributed by atoms with E-state index in [2.05, 4.69) is 26.1 Å². The van der Waals surface area contributed by atoms with E-state index >= 15 is 0 Å². The predicted octanol–water partition coefficient (Wildman–Crippen LogP) is 3.21. The number of halogens is 1. The van der Waals surface area contributed by atoms with E-state index < -0.39 is 5.97 Å². The summed E-state index contributed by atoms with van der Waals surface area (Å²) < 4.78 is 21.6. The molecule has 0 bridgehead atoms. The molecule has 0 amide bonds. The molecule has 0 atom stereocenters. The van der Waals surface area contributed by atoms with Crippen molar-refractivity contribution in [2.75, 3.05) is 6.61 Å². The number of ether oxygens (including phenoxy) is 2. The minimum Gasteiger partial charge on any atom is -0.482 e. The summed E-state index contributed by atoms with van der Waals surface area (Å²) in [5.74, 6) is 0.878. The average molecular weight is 379 g/mol. The van der Waals surface area contributed by atoms with Crippen molar-refractivity contribution < 1.29 is 23.1 Å². The van der Waals surface area contributed by atoms with Crippen LogP contribution in [-0.4, -0.2) is 22.8 Å². The summed E-state index contributed by atoms with van der Waals surface area (Å²) in [6, 6.07) is 10.6. The Balaban J connectivity index is 1.47. The van der Waals surface area contributed by atoms with Gasteiger partial charge in [-0.15, -0.1) is 10.2 Å². The highest BCUT2D eigenvalue weighted by molar-refractivity contribution is 9.10. The van der Waals surface area contributed by atoms with Gasteiger partial charge in [-0.05, 0) is 30.3 Å². The van der Waals surface area contributed by atoms with Gasteiger partial charge in [0.05, 0.1) is 6.26 Å². The van der Waals surface area contributed by atoms with Gasteiger partial charge in [-0.1, -0.05) is 22.0 Å². The molecule has 3 aromatic rings. The van der Waals surface area contributed by atoms with Gasteiger partial charge in [0.2, 0.25) is 0 Å². The van der Waals surface area contributed by atoms with Crippen LogP contribution in [0.5, 0.6) is 5.75 Å². The van der Waals surface area contributed by atoms with Crippen molar-refractivity contribution in [3.05, 3.63) is 53.0 Å². The van der Waals surface area contributed by atoms with Crippen LogP contribution in [0, 0.1) is 0 Å². The van der Waals surface area contributed by atoms with Crippen molar-refractivity contribution in [2.24, 2.45) is 0 Å². The molecule has 0 unspecified atom stereocenters.